The van der Waals surface area contributed by atoms with Gasteiger partial charge in [0.15, 0.2) is 0 Å². The molecular formula is C14H21N3O3S. The Morgan fingerprint density at radius 3 is 2.57 bits per heavy atom. The van der Waals surface area contributed by atoms with Gasteiger partial charge in [0.2, 0.25) is 10.0 Å². The van der Waals surface area contributed by atoms with Gasteiger partial charge in [0.1, 0.15) is 0 Å². The predicted molar refractivity (Wildman–Crippen MR) is 82.8 cm³/mol. The molecule has 1 aromatic rings. The van der Waals surface area contributed by atoms with E-state index in [9.17, 15) is 13.2 Å². The summed E-state index contributed by atoms with van der Waals surface area (Å²) in [4.78, 5) is 11.9. The Hall–Kier alpha value is -1.60. The maximum absolute atomic E-state index is 11.9. The highest BCUT2D eigenvalue weighted by atomic mass is 32.2. The normalized spacial score (nSPS) is 20.0. The van der Waals surface area contributed by atoms with Crippen LogP contribution in [0, 0.1) is 6.92 Å². The summed E-state index contributed by atoms with van der Waals surface area (Å²) in [5, 5.41) is 5.58. The molecule has 21 heavy (non-hydrogen) atoms. The van der Waals surface area contributed by atoms with E-state index in [-0.39, 0.29) is 12.1 Å². The largest absolute Gasteiger partial charge is 0.334 e. The van der Waals surface area contributed by atoms with E-state index in [1.54, 1.807) is 0 Å². The van der Waals surface area contributed by atoms with Crippen molar-refractivity contribution in [2.24, 2.45) is 0 Å². The first-order chi connectivity index (χ1) is 9.84. The standard InChI is InChI=1S/C14H21N3O3S/c1-11-5-7-12(8-6-11)15-14(18)16-13-4-3-9-17(10-13)21(2,19)20/h5-8,13H,3-4,9-10H2,1-2H3,(H2,15,16,18)/t13-/m0/s1. The van der Waals surface area contributed by atoms with Crippen molar-refractivity contribution in [3.05, 3.63) is 29.8 Å². The quantitative estimate of drug-likeness (QED) is 0.889. The molecule has 1 fully saturated rings. The van der Waals surface area contributed by atoms with Gasteiger partial charge < -0.3 is 10.6 Å². The van der Waals surface area contributed by atoms with Crippen molar-refractivity contribution in [3.8, 4) is 0 Å². The zero-order valence-corrected chi connectivity index (χ0v) is 13.1. The van der Waals surface area contributed by atoms with E-state index in [1.807, 2.05) is 31.2 Å². The van der Waals surface area contributed by atoms with Crippen LogP contribution in [0.15, 0.2) is 24.3 Å². The van der Waals surface area contributed by atoms with Crippen molar-refractivity contribution in [1.82, 2.24) is 9.62 Å². The van der Waals surface area contributed by atoms with E-state index in [0.717, 1.165) is 18.4 Å². The first-order valence-corrected chi connectivity index (χ1v) is 8.79. The lowest BCUT2D eigenvalue weighted by Crippen LogP contribution is -2.50. The summed E-state index contributed by atoms with van der Waals surface area (Å²) in [6.07, 6.45) is 2.73. The van der Waals surface area contributed by atoms with Gasteiger partial charge in [-0.1, -0.05) is 17.7 Å². The maximum Gasteiger partial charge on any atom is 0.319 e. The molecular weight excluding hydrogens is 290 g/mol. The van der Waals surface area contributed by atoms with Gasteiger partial charge in [0.05, 0.1) is 6.26 Å². The highest BCUT2D eigenvalue weighted by Gasteiger charge is 2.26. The molecule has 0 spiro atoms. The van der Waals surface area contributed by atoms with Crippen molar-refractivity contribution in [1.29, 1.82) is 0 Å². The Morgan fingerprint density at radius 2 is 1.95 bits per heavy atom. The Kier molecular flexibility index (Phi) is 4.84. The number of benzene rings is 1. The molecule has 2 amide bonds. The van der Waals surface area contributed by atoms with Crippen molar-refractivity contribution in [3.63, 3.8) is 0 Å². The molecule has 116 valence electrons. The summed E-state index contributed by atoms with van der Waals surface area (Å²) in [7, 11) is -3.20. The first-order valence-electron chi connectivity index (χ1n) is 6.94. The third kappa shape index (κ3) is 4.71. The number of carbonyl (C=O) groups is 1. The summed E-state index contributed by atoms with van der Waals surface area (Å²) in [6, 6.07) is 7.04. The molecule has 0 aliphatic carbocycles. The van der Waals surface area contributed by atoms with Crippen molar-refractivity contribution < 1.29 is 13.2 Å². The van der Waals surface area contributed by atoms with Gasteiger partial charge in [-0.15, -0.1) is 0 Å². The van der Waals surface area contributed by atoms with E-state index < -0.39 is 10.0 Å². The smallest absolute Gasteiger partial charge is 0.319 e. The van der Waals surface area contributed by atoms with Crippen LogP contribution in [0.2, 0.25) is 0 Å². The molecule has 1 heterocycles. The van der Waals surface area contributed by atoms with Gasteiger partial charge >= 0.3 is 6.03 Å². The molecule has 0 unspecified atom stereocenters. The second-order valence-electron chi connectivity index (χ2n) is 5.42. The summed E-state index contributed by atoms with van der Waals surface area (Å²) in [6.45, 7) is 2.84. The first kappa shape index (κ1) is 15.8. The predicted octanol–water partition coefficient (Wildman–Crippen LogP) is 1.54. The van der Waals surface area contributed by atoms with Gasteiger partial charge in [-0.3, -0.25) is 0 Å². The van der Waals surface area contributed by atoms with Crippen LogP contribution in [0.3, 0.4) is 0 Å². The Labute approximate surface area is 125 Å². The molecule has 1 atom stereocenters. The van der Waals surface area contributed by atoms with Crippen LogP contribution in [0.5, 0.6) is 0 Å². The molecule has 0 bridgehead atoms. The summed E-state index contributed by atoms with van der Waals surface area (Å²) < 4.78 is 24.5. The highest BCUT2D eigenvalue weighted by molar-refractivity contribution is 7.88. The molecule has 7 heteroatoms. The molecule has 6 nitrogen and oxygen atoms in total. The molecule has 1 aliphatic heterocycles. The fraction of sp³-hybridized carbons (Fsp3) is 0.500. The van der Waals surface area contributed by atoms with Crippen LogP contribution in [0.4, 0.5) is 10.5 Å². The van der Waals surface area contributed by atoms with E-state index in [0.29, 0.717) is 18.8 Å². The van der Waals surface area contributed by atoms with E-state index in [2.05, 4.69) is 10.6 Å². The summed E-state index contributed by atoms with van der Waals surface area (Å²) in [5.41, 5.74) is 1.84. The van der Waals surface area contributed by atoms with Crippen LogP contribution < -0.4 is 10.6 Å². The van der Waals surface area contributed by atoms with Crippen LogP contribution in [-0.2, 0) is 10.0 Å². The molecule has 0 saturated carbocycles. The molecule has 0 aromatic heterocycles. The third-order valence-corrected chi connectivity index (χ3v) is 4.77. The van der Waals surface area contributed by atoms with Gasteiger partial charge in [0.25, 0.3) is 0 Å². The minimum Gasteiger partial charge on any atom is -0.334 e. The van der Waals surface area contributed by atoms with Crippen LogP contribution in [0.1, 0.15) is 18.4 Å². The van der Waals surface area contributed by atoms with E-state index in [1.165, 1.54) is 10.6 Å². The number of hydrogen-bond acceptors (Lipinski definition) is 3. The Balaban J connectivity index is 1.89. The van der Waals surface area contributed by atoms with Crippen molar-refractivity contribution in [2.45, 2.75) is 25.8 Å². The number of urea groups is 1. The summed E-state index contributed by atoms with van der Waals surface area (Å²) >= 11 is 0. The monoisotopic (exact) mass is 311 g/mol. The Morgan fingerprint density at radius 1 is 1.29 bits per heavy atom. The number of piperidine rings is 1. The van der Waals surface area contributed by atoms with Crippen LogP contribution >= 0.6 is 0 Å². The van der Waals surface area contributed by atoms with E-state index >= 15 is 0 Å². The lowest BCUT2D eigenvalue weighted by molar-refractivity contribution is 0.236. The molecule has 2 rings (SSSR count). The number of anilines is 1. The average Bonchev–Trinajstić information content (AvgIpc) is 2.41. The molecule has 2 N–H and O–H groups in total. The van der Waals surface area contributed by atoms with Crippen molar-refractivity contribution >= 4 is 21.7 Å². The third-order valence-electron chi connectivity index (χ3n) is 3.50. The maximum atomic E-state index is 11.9. The second kappa shape index (κ2) is 6.44. The van der Waals surface area contributed by atoms with Crippen LogP contribution in [-0.4, -0.2) is 44.1 Å². The average molecular weight is 311 g/mol. The van der Waals surface area contributed by atoms with Gasteiger partial charge in [0, 0.05) is 24.8 Å². The zero-order valence-electron chi connectivity index (χ0n) is 12.3. The summed E-state index contributed by atoms with van der Waals surface area (Å²) in [5.74, 6) is 0. The highest BCUT2D eigenvalue weighted by Crippen LogP contribution is 2.14. The Bertz CT molecular complexity index is 598. The lowest BCUT2D eigenvalue weighted by Gasteiger charge is -2.31. The van der Waals surface area contributed by atoms with Crippen LogP contribution in [0.25, 0.3) is 0 Å². The van der Waals surface area contributed by atoms with Gasteiger partial charge in [-0.25, -0.2) is 17.5 Å². The number of nitrogens with one attached hydrogen (secondary N) is 2. The number of sulfonamides is 1. The zero-order chi connectivity index (χ0) is 15.5. The minimum atomic E-state index is -3.20. The number of rotatable bonds is 3. The van der Waals surface area contributed by atoms with Gasteiger partial charge in [-0.05, 0) is 31.9 Å². The number of aryl methyl sites for hydroxylation is 1. The number of amides is 2. The number of nitrogens with zero attached hydrogens (tertiary/aromatic N) is 1. The van der Waals surface area contributed by atoms with E-state index in [4.69, 9.17) is 0 Å². The van der Waals surface area contributed by atoms with Crippen molar-refractivity contribution in [2.75, 3.05) is 24.7 Å². The fourth-order valence-electron chi connectivity index (χ4n) is 2.35. The molecule has 1 saturated heterocycles. The number of carbonyl (C=O) groups excluding carboxylic acids is 1. The minimum absolute atomic E-state index is 0.154. The molecule has 1 aliphatic rings. The molecule has 1 aromatic carbocycles. The number of hydrogen-bond donors (Lipinski definition) is 2. The lowest BCUT2D eigenvalue weighted by atomic mass is 10.1. The topological polar surface area (TPSA) is 78.5 Å². The van der Waals surface area contributed by atoms with Gasteiger partial charge in [-0.2, -0.15) is 0 Å². The SMILES string of the molecule is Cc1ccc(NC(=O)N[C@H]2CCCN(S(C)(=O)=O)C2)cc1. The second-order valence-corrected chi connectivity index (χ2v) is 7.41. The molecule has 0 radical (unpaired) electrons. The fourth-order valence-corrected chi connectivity index (χ4v) is 3.26.